The number of carbonyl (C=O) groups excluding carboxylic acids is 1. The maximum atomic E-state index is 11.9. The number of amides is 1. The number of hydrogen-bond acceptors (Lipinski definition) is 5. The Hall–Kier alpha value is -2.29. The molecule has 1 aromatic carbocycles. The number of nitrogen functional groups attached to an aromatic ring is 1. The topological polar surface area (TPSA) is 110 Å². The van der Waals surface area contributed by atoms with Crippen molar-refractivity contribution in [3.63, 3.8) is 0 Å². The minimum absolute atomic E-state index is 0.0189. The van der Waals surface area contributed by atoms with E-state index in [1.54, 1.807) is 0 Å². The highest BCUT2D eigenvalue weighted by Gasteiger charge is 2.17. The van der Waals surface area contributed by atoms with E-state index in [4.69, 9.17) is 5.84 Å². The van der Waals surface area contributed by atoms with Crippen LogP contribution in [-0.2, 0) is 0 Å². The minimum atomic E-state index is -2.69. The van der Waals surface area contributed by atoms with E-state index >= 15 is 0 Å². The summed E-state index contributed by atoms with van der Waals surface area (Å²) in [7, 11) is 0. The summed E-state index contributed by atoms with van der Waals surface area (Å²) >= 11 is 0. The number of halogens is 2. The van der Waals surface area contributed by atoms with Crippen LogP contribution in [0.4, 0.5) is 20.2 Å². The second-order valence-electron chi connectivity index (χ2n) is 3.23. The van der Waals surface area contributed by atoms with Crippen molar-refractivity contribution in [2.75, 3.05) is 12.0 Å². The Morgan fingerprint density at radius 3 is 2.67 bits per heavy atom. The van der Waals surface area contributed by atoms with Gasteiger partial charge in [-0.25, -0.2) is 8.78 Å². The maximum absolute atomic E-state index is 11.9. The van der Waals surface area contributed by atoms with Crippen LogP contribution in [0.3, 0.4) is 0 Å². The molecule has 18 heavy (non-hydrogen) atoms. The van der Waals surface area contributed by atoms with Gasteiger partial charge in [0.2, 0.25) is 0 Å². The third-order valence-electron chi connectivity index (χ3n) is 2.03. The molecule has 7 nitrogen and oxygen atoms in total. The lowest BCUT2D eigenvalue weighted by Crippen LogP contribution is -2.28. The zero-order valence-corrected chi connectivity index (χ0v) is 9.02. The molecule has 0 aliphatic rings. The molecule has 0 fully saturated rings. The van der Waals surface area contributed by atoms with Crippen molar-refractivity contribution in [2.24, 2.45) is 5.84 Å². The van der Waals surface area contributed by atoms with Crippen molar-refractivity contribution >= 4 is 17.3 Å². The largest absolute Gasteiger partial charge is 0.346 e. The van der Waals surface area contributed by atoms with E-state index in [1.807, 2.05) is 5.32 Å². The summed E-state index contributed by atoms with van der Waals surface area (Å²) in [5.41, 5.74) is 1.61. The number of nitrogens with zero attached hydrogens (tertiary/aromatic N) is 1. The van der Waals surface area contributed by atoms with Crippen LogP contribution in [0.5, 0.6) is 0 Å². The van der Waals surface area contributed by atoms with Crippen LogP contribution in [0.2, 0.25) is 0 Å². The van der Waals surface area contributed by atoms with Crippen LogP contribution >= 0.6 is 0 Å². The molecule has 0 unspecified atom stereocenters. The molecule has 0 saturated heterocycles. The standard InChI is InChI=1S/C9H10F2N4O3/c10-8(11)4-13-9(16)5-1-2-6(14-12)7(3-5)15(17)18/h1-3,8,14H,4,12H2,(H,13,16). The van der Waals surface area contributed by atoms with Gasteiger partial charge in [-0.15, -0.1) is 0 Å². The summed E-state index contributed by atoms with van der Waals surface area (Å²) in [5.74, 6) is 4.24. The molecule has 0 atom stereocenters. The summed E-state index contributed by atoms with van der Waals surface area (Å²) in [6.07, 6.45) is -2.69. The predicted molar refractivity (Wildman–Crippen MR) is 59.2 cm³/mol. The zero-order chi connectivity index (χ0) is 13.7. The Kier molecular flexibility index (Phi) is 4.49. The van der Waals surface area contributed by atoms with Gasteiger partial charge in [0.1, 0.15) is 5.69 Å². The Bertz CT molecular complexity index is 467. The van der Waals surface area contributed by atoms with E-state index in [9.17, 15) is 23.7 Å². The first-order valence-electron chi connectivity index (χ1n) is 4.77. The third kappa shape index (κ3) is 3.35. The summed E-state index contributed by atoms with van der Waals surface area (Å²) in [4.78, 5) is 21.3. The van der Waals surface area contributed by atoms with E-state index in [1.165, 1.54) is 12.1 Å². The SMILES string of the molecule is NNc1ccc(C(=O)NCC(F)F)cc1[N+](=O)[O-]. The fraction of sp³-hybridized carbons (Fsp3) is 0.222. The number of anilines is 1. The molecule has 1 aromatic rings. The molecule has 0 radical (unpaired) electrons. The third-order valence-corrected chi connectivity index (χ3v) is 2.03. The molecule has 1 rings (SSSR count). The predicted octanol–water partition coefficient (Wildman–Crippen LogP) is 0.875. The number of hydrogen-bond donors (Lipinski definition) is 3. The first kappa shape index (κ1) is 13.8. The molecule has 0 spiro atoms. The molecule has 4 N–H and O–H groups in total. The lowest BCUT2D eigenvalue weighted by Gasteiger charge is -2.06. The van der Waals surface area contributed by atoms with Crippen LogP contribution < -0.4 is 16.6 Å². The highest BCUT2D eigenvalue weighted by molar-refractivity contribution is 5.95. The second kappa shape index (κ2) is 5.87. The van der Waals surface area contributed by atoms with Crippen molar-refractivity contribution in [2.45, 2.75) is 6.43 Å². The number of benzene rings is 1. The van der Waals surface area contributed by atoms with Crippen molar-refractivity contribution in [1.29, 1.82) is 0 Å². The van der Waals surface area contributed by atoms with Crippen molar-refractivity contribution < 1.29 is 18.5 Å². The van der Waals surface area contributed by atoms with E-state index in [0.717, 1.165) is 6.07 Å². The quantitative estimate of drug-likeness (QED) is 0.413. The van der Waals surface area contributed by atoms with Gasteiger partial charge < -0.3 is 10.7 Å². The molecular formula is C9H10F2N4O3. The lowest BCUT2D eigenvalue weighted by molar-refractivity contribution is -0.384. The Morgan fingerprint density at radius 2 is 2.17 bits per heavy atom. The smallest absolute Gasteiger partial charge is 0.294 e. The van der Waals surface area contributed by atoms with E-state index < -0.39 is 29.5 Å². The fourth-order valence-corrected chi connectivity index (χ4v) is 1.22. The van der Waals surface area contributed by atoms with E-state index in [0.29, 0.717) is 0 Å². The number of nitro benzene ring substituents is 1. The Morgan fingerprint density at radius 1 is 1.50 bits per heavy atom. The van der Waals surface area contributed by atoms with Gasteiger partial charge in [-0.1, -0.05) is 0 Å². The highest BCUT2D eigenvalue weighted by Crippen LogP contribution is 2.24. The molecule has 0 aliphatic heterocycles. The molecule has 0 aromatic heterocycles. The number of nitrogens with two attached hydrogens (primary N) is 1. The summed E-state index contributed by atoms with van der Waals surface area (Å²) < 4.78 is 23.8. The molecule has 1 amide bonds. The van der Waals surface area contributed by atoms with Crippen molar-refractivity contribution in [1.82, 2.24) is 5.32 Å². The monoisotopic (exact) mass is 260 g/mol. The van der Waals surface area contributed by atoms with Crippen molar-refractivity contribution in [3.8, 4) is 0 Å². The molecule has 9 heteroatoms. The summed E-state index contributed by atoms with van der Waals surface area (Å²) in [5, 5.41) is 12.6. The normalized spacial score (nSPS) is 10.2. The zero-order valence-electron chi connectivity index (χ0n) is 9.02. The first-order chi connectivity index (χ1) is 8.45. The van der Waals surface area contributed by atoms with Gasteiger partial charge in [0, 0.05) is 11.6 Å². The summed E-state index contributed by atoms with van der Waals surface area (Å²) in [6, 6.07) is 3.41. The van der Waals surface area contributed by atoms with Gasteiger partial charge in [-0.3, -0.25) is 20.8 Å². The molecular weight excluding hydrogens is 250 g/mol. The minimum Gasteiger partial charge on any atom is -0.346 e. The van der Waals surface area contributed by atoms with Gasteiger partial charge in [0.05, 0.1) is 11.5 Å². The van der Waals surface area contributed by atoms with Crippen LogP contribution in [-0.4, -0.2) is 23.8 Å². The van der Waals surface area contributed by atoms with Gasteiger partial charge in [-0.2, -0.15) is 0 Å². The van der Waals surface area contributed by atoms with Gasteiger partial charge in [0.15, 0.2) is 0 Å². The lowest BCUT2D eigenvalue weighted by atomic mass is 10.1. The fourth-order valence-electron chi connectivity index (χ4n) is 1.22. The number of alkyl halides is 2. The number of nitro groups is 1. The summed E-state index contributed by atoms with van der Waals surface area (Å²) in [6.45, 7) is -0.816. The molecule has 98 valence electrons. The average molecular weight is 260 g/mol. The van der Waals surface area contributed by atoms with E-state index in [2.05, 4.69) is 5.43 Å². The van der Waals surface area contributed by atoms with Gasteiger partial charge in [-0.05, 0) is 12.1 Å². The van der Waals surface area contributed by atoms with Crippen LogP contribution in [0.15, 0.2) is 18.2 Å². The second-order valence-corrected chi connectivity index (χ2v) is 3.23. The van der Waals surface area contributed by atoms with Crippen LogP contribution in [0, 0.1) is 10.1 Å². The highest BCUT2D eigenvalue weighted by atomic mass is 19.3. The number of nitrogens with one attached hydrogen (secondary N) is 2. The maximum Gasteiger partial charge on any atom is 0.294 e. The number of rotatable bonds is 5. The average Bonchev–Trinajstić information content (AvgIpc) is 2.34. The van der Waals surface area contributed by atoms with E-state index in [-0.39, 0.29) is 11.3 Å². The number of hydrazine groups is 1. The Balaban J connectivity index is 2.94. The molecule has 0 aliphatic carbocycles. The first-order valence-corrected chi connectivity index (χ1v) is 4.77. The molecule has 0 heterocycles. The van der Waals surface area contributed by atoms with Crippen molar-refractivity contribution in [3.05, 3.63) is 33.9 Å². The number of carbonyl (C=O) groups is 1. The molecule has 0 saturated carbocycles. The van der Waals surface area contributed by atoms with Crippen LogP contribution in [0.1, 0.15) is 10.4 Å². The molecule has 0 bridgehead atoms. The Labute approximate surface area is 100 Å². The van der Waals surface area contributed by atoms with Crippen LogP contribution in [0.25, 0.3) is 0 Å². The van der Waals surface area contributed by atoms with Gasteiger partial charge in [0.25, 0.3) is 18.0 Å². The van der Waals surface area contributed by atoms with Gasteiger partial charge >= 0.3 is 0 Å².